The lowest BCUT2D eigenvalue weighted by Gasteiger charge is -2.17. The van der Waals surface area contributed by atoms with Gasteiger partial charge in [0.05, 0.1) is 12.7 Å². The van der Waals surface area contributed by atoms with Crippen molar-refractivity contribution >= 4 is 17.6 Å². The van der Waals surface area contributed by atoms with Crippen LogP contribution in [-0.2, 0) is 9.53 Å². The Kier molecular flexibility index (Phi) is 4.71. The van der Waals surface area contributed by atoms with Crippen LogP contribution in [-0.4, -0.2) is 30.2 Å². The van der Waals surface area contributed by atoms with Crippen LogP contribution < -0.4 is 5.32 Å². The van der Waals surface area contributed by atoms with Crippen LogP contribution in [0.4, 0.5) is 5.69 Å². The highest BCUT2D eigenvalue weighted by molar-refractivity contribution is 5.93. The second-order valence-corrected chi connectivity index (χ2v) is 3.91. The lowest BCUT2D eigenvalue weighted by atomic mass is 10.1. The number of carbonyl (C=O) groups excluding carboxylic acids is 1. The molecule has 0 saturated carbocycles. The van der Waals surface area contributed by atoms with Gasteiger partial charge in [-0.1, -0.05) is 13.0 Å². The van der Waals surface area contributed by atoms with Crippen LogP contribution in [0.2, 0.25) is 0 Å². The first-order valence-electron chi connectivity index (χ1n) is 5.68. The third-order valence-electron chi connectivity index (χ3n) is 2.78. The Hall–Kier alpha value is -2.04. The zero-order valence-electron chi connectivity index (χ0n) is 10.7. The smallest absolute Gasteiger partial charge is 0.338 e. The number of esters is 1. The van der Waals surface area contributed by atoms with Crippen LogP contribution in [0.1, 0.15) is 29.3 Å². The number of hydrogen-bond donors (Lipinski definition) is 2. The molecule has 0 saturated heterocycles. The van der Waals surface area contributed by atoms with Gasteiger partial charge in [-0.15, -0.1) is 0 Å². The van der Waals surface area contributed by atoms with Gasteiger partial charge in [-0.2, -0.15) is 0 Å². The first kappa shape index (κ1) is 14.0. The Labute approximate surface area is 106 Å². The maximum atomic E-state index is 11.5. The molecule has 98 valence electrons. The molecule has 1 aromatic rings. The number of ether oxygens (including phenoxy) is 1. The second-order valence-electron chi connectivity index (χ2n) is 3.91. The maximum absolute atomic E-state index is 11.5. The molecule has 1 atom stereocenters. The fourth-order valence-electron chi connectivity index (χ4n) is 1.65. The zero-order chi connectivity index (χ0) is 13.7. The molecule has 0 fully saturated rings. The number of aliphatic carboxylic acids is 1. The molecule has 0 heterocycles. The van der Waals surface area contributed by atoms with Crippen molar-refractivity contribution < 1.29 is 19.4 Å². The summed E-state index contributed by atoms with van der Waals surface area (Å²) in [5.74, 6) is -1.35. The van der Waals surface area contributed by atoms with E-state index in [0.29, 0.717) is 23.2 Å². The molecule has 2 N–H and O–H groups in total. The van der Waals surface area contributed by atoms with E-state index in [9.17, 15) is 9.59 Å². The highest BCUT2D eigenvalue weighted by Crippen LogP contribution is 2.21. The molecule has 1 unspecified atom stereocenters. The van der Waals surface area contributed by atoms with Crippen molar-refractivity contribution in [2.24, 2.45) is 0 Å². The molecule has 5 nitrogen and oxygen atoms in total. The van der Waals surface area contributed by atoms with Gasteiger partial charge in [-0.05, 0) is 31.0 Å². The first-order valence-corrected chi connectivity index (χ1v) is 5.68. The molecule has 0 aliphatic rings. The van der Waals surface area contributed by atoms with Crippen molar-refractivity contribution in [1.82, 2.24) is 0 Å². The van der Waals surface area contributed by atoms with Gasteiger partial charge in [0.15, 0.2) is 0 Å². The molecule has 0 aliphatic heterocycles. The number of anilines is 1. The Morgan fingerprint density at radius 3 is 2.61 bits per heavy atom. The molecule has 0 aromatic heterocycles. The van der Waals surface area contributed by atoms with Crippen molar-refractivity contribution in [2.75, 3.05) is 12.4 Å². The minimum Gasteiger partial charge on any atom is -0.480 e. The number of benzene rings is 1. The Balaban J connectivity index is 3.04. The van der Waals surface area contributed by atoms with Crippen LogP contribution in [0.25, 0.3) is 0 Å². The maximum Gasteiger partial charge on any atom is 0.338 e. The SMILES string of the molecule is CCC(Nc1cccc(C(=O)OC)c1C)C(=O)O. The van der Waals surface area contributed by atoms with E-state index in [1.54, 1.807) is 32.0 Å². The average Bonchev–Trinajstić information content (AvgIpc) is 2.36. The van der Waals surface area contributed by atoms with Gasteiger partial charge in [-0.25, -0.2) is 9.59 Å². The van der Waals surface area contributed by atoms with Gasteiger partial charge < -0.3 is 15.2 Å². The van der Waals surface area contributed by atoms with Crippen LogP contribution >= 0.6 is 0 Å². The number of hydrogen-bond acceptors (Lipinski definition) is 4. The fraction of sp³-hybridized carbons (Fsp3) is 0.385. The standard InChI is InChI=1S/C13H17NO4/c1-4-10(12(15)16)14-11-7-5-6-9(8(11)2)13(17)18-3/h5-7,10,14H,4H2,1-3H3,(H,15,16). The molecule has 0 aliphatic carbocycles. The number of carboxylic acids is 1. The summed E-state index contributed by atoms with van der Waals surface area (Å²) in [6, 6.07) is 4.41. The van der Waals surface area contributed by atoms with Crippen LogP contribution in [0, 0.1) is 6.92 Å². The summed E-state index contributed by atoms with van der Waals surface area (Å²) in [5, 5.41) is 11.9. The molecule has 1 rings (SSSR count). The van der Waals surface area contributed by atoms with Crippen LogP contribution in [0.5, 0.6) is 0 Å². The van der Waals surface area contributed by atoms with E-state index in [0.717, 1.165) is 0 Å². The summed E-state index contributed by atoms with van der Waals surface area (Å²) in [5.41, 5.74) is 1.75. The Morgan fingerprint density at radius 1 is 1.44 bits per heavy atom. The summed E-state index contributed by atoms with van der Waals surface area (Å²) < 4.78 is 4.67. The zero-order valence-corrected chi connectivity index (χ0v) is 10.7. The monoisotopic (exact) mass is 251 g/mol. The molecule has 5 heteroatoms. The minimum absolute atomic E-state index is 0.431. The number of nitrogens with one attached hydrogen (secondary N) is 1. The summed E-state index contributed by atoms with van der Waals surface area (Å²) in [7, 11) is 1.31. The van der Waals surface area contributed by atoms with Gasteiger partial charge in [0.1, 0.15) is 6.04 Å². The molecule has 1 aromatic carbocycles. The molecule has 0 radical (unpaired) electrons. The number of methoxy groups -OCH3 is 1. The summed E-state index contributed by atoms with van der Waals surface area (Å²) in [6.07, 6.45) is 0.456. The summed E-state index contributed by atoms with van der Waals surface area (Å²) in [4.78, 5) is 22.5. The van der Waals surface area contributed by atoms with E-state index < -0.39 is 18.0 Å². The normalized spacial score (nSPS) is 11.7. The average molecular weight is 251 g/mol. The summed E-state index contributed by atoms with van der Waals surface area (Å²) >= 11 is 0. The van der Waals surface area contributed by atoms with Crippen molar-refractivity contribution in [1.29, 1.82) is 0 Å². The Morgan fingerprint density at radius 2 is 2.11 bits per heavy atom. The predicted molar refractivity (Wildman–Crippen MR) is 67.9 cm³/mol. The van der Waals surface area contributed by atoms with Gasteiger partial charge in [0.2, 0.25) is 0 Å². The minimum atomic E-state index is -0.916. The topological polar surface area (TPSA) is 75.6 Å². The van der Waals surface area contributed by atoms with Gasteiger partial charge in [0, 0.05) is 5.69 Å². The van der Waals surface area contributed by atoms with Crippen molar-refractivity contribution in [3.05, 3.63) is 29.3 Å². The van der Waals surface area contributed by atoms with Gasteiger partial charge in [0.25, 0.3) is 0 Å². The fourth-order valence-corrected chi connectivity index (χ4v) is 1.65. The lowest BCUT2D eigenvalue weighted by Crippen LogP contribution is -2.28. The van der Waals surface area contributed by atoms with E-state index in [1.807, 2.05) is 0 Å². The third kappa shape index (κ3) is 3.00. The first-order chi connectivity index (χ1) is 8.51. The van der Waals surface area contributed by atoms with Crippen LogP contribution in [0.15, 0.2) is 18.2 Å². The van der Waals surface area contributed by atoms with Crippen molar-refractivity contribution in [3.8, 4) is 0 Å². The van der Waals surface area contributed by atoms with Gasteiger partial charge >= 0.3 is 11.9 Å². The largest absolute Gasteiger partial charge is 0.480 e. The lowest BCUT2D eigenvalue weighted by molar-refractivity contribution is -0.137. The van der Waals surface area contributed by atoms with Gasteiger partial charge in [-0.3, -0.25) is 0 Å². The van der Waals surface area contributed by atoms with Crippen LogP contribution in [0.3, 0.4) is 0 Å². The molecule has 0 bridgehead atoms. The molecule has 18 heavy (non-hydrogen) atoms. The molecular formula is C13H17NO4. The van der Waals surface area contributed by atoms with E-state index in [4.69, 9.17) is 5.11 Å². The molecular weight excluding hydrogens is 234 g/mol. The summed E-state index contributed by atoms with van der Waals surface area (Å²) in [6.45, 7) is 3.54. The number of carboxylic acid groups (broad SMARTS) is 1. The quantitative estimate of drug-likeness (QED) is 0.783. The number of rotatable bonds is 5. The highest BCUT2D eigenvalue weighted by atomic mass is 16.5. The molecule has 0 spiro atoms. The van der Waals surface area contributed by atoms with E-state index in [1.165, 1.54) is 7.11 Å². The number of carbonyl (C=O) groups is 2. The van der Waals surface area contributed by atoms with E-state index in [2.05, 4.69) is 10.1 Å². The highest BCUT2D eigenvalue weighted by Gasteiger charge is 2.17. The Bertz CT molecular complexity index is 456. The second kappa shape index (κ2) is 6.05. The van der Waals surface area contributed by atoms with Crippen molar-refractivity contribution in [2.45, 2.75) is 26.3 Å². The third-order valence-corrected chi connectivity index (χ3v) is 2.78. The van der Waals surface area contributed by atoms with Crippen molar-refractivity contribution in [3.63, 3.8) is 0 Å². The van der Waals surface area contributed by atoms with E-state index in [-0.39, 0.29) is 0 Å². The van der Waals surface area contributed by atoms with E-state index >= 15 is 0 Å². The predicted octanol–water partition coefficient (Wildman–Crippen LogP) is 2.06. The molecule has 0 amide bonds.